The van der Waals surface area contributed by atoms with E-state index in [1.54, 1.807) is 7.11 Å². The van der Waals surface area contributed by atoms with Gasteiger partial charge in [0.1, 0.15) is 5.76 Å². The van der Waals surface area contributed by atoms with Crippen molar-refractivity contribution in [1.29, 1.82) is 0 Å². The van der Waals surface area contributed by atoms with Gasteiger partial charge in [0.15, 0.2) is 5.89 Å². The molecule has 1 aromatic rings. The first-order valence-electron chi connectivity index (χ1n) is 6.94. The van der Waals surface area contributed by atoms with Crippen LogP contribution in [0.4, 0.5) is 0 Å². The minimum atomic E-state index is 0.479. The third-order valence-corrected chi connectivity index (χ3v) is 3.18. The van der Waals surface area contributed by atoms with Crippen molar-refractivity contribution in [2.75, 3.05) is 20.3 Å². The van der Waals surface area contributed by atoms with Crippen molar-refractivity contribution in [1.82, 2.24) is 10.3 Å². The number of aromatic nitrogens is 1. The number of methoxy groups -OCH3 is 1. The van der Waals surface area contributed by atoms with Gasteiger partial charge in [-0.05, 0) is 31.7 Å². The lowest BCUT2D eigenvalue weighted by atomic mass is 10.1. The molecule has 0 aliphatic heterocycles. The number of nitrogens with zero attached hydrogens (tertiary/aromatic N) is 1. The van der Waals surface area contributed by atoms with Gasteiger partial charge in [0.05, 0.1) is 6.20 Å². The first-order chi connectivity index (χ1) is 8.78. The Kier molecular flexibility index (Phi) is 5.20. The Morgan fingerprint density at radius 2 is 2.39 bits per heavy atom. The summed E-state index contributed by atoms with van der Waals surface area (Å²) in [5.74, 6) is 2.32. The Morgan fingerprint density at radius 3 is 3.11 bits per heavy atom. The molecule has 0 bridgehead atoms. The number of ether oxygens (including phenoxy) is 1. The maximum atomic E-state index is 5.73. The molecule has 0 spiro atoms. The van der Waals surface area contributed by atoms with E-state index in [1.165, 1.54) is 12.8 Å². The molecule has 4 nitrogen and oxygen atoms in total. The van der Waals surface area contributed by atoms with E-state index in [9.17, 15) is 0 Å². The number of hydrogen-bond donors (Lipinski definition) is 1. The van der Waals surface area contributed by atoms with Crippen LogP contribution in [0.2, 0.25) is 0 Å². The average Bonchev–Trinajstić information content (AvgIpc) is 3.06. The first-order valence-corrected chi connectivity index (χ1v) is 6.94. The van der Waals surface area contributed by atoms with Crippen LogP contribution in [0.15, 0.2) is 10.6 Å². The molecule has 0 radical (unpaired) electrons. The Morgan fingerprint density at radius 1 is 1.56 bits per heavy atom. The van der Waals surface area contributed by atoms with Crippen molar-refractivity contribution in [2.45, 2.75) is 45.1 Å². The zero-order valence-corrected chi connectivity index (χ0v) is 11.4. The lowest BCUT2D eigenvalue weighted by molar-refractivity contribution is 0.156. The molecule has 18 heavy (non-hydrogen) atoms. The lowest BCUT2D eigenvalue weighted by Gasteiger charge is -2.06. The fourth-order valence-electron chi connectivity index (χ4n) is 2.08. The normalized spacial score (nSPS) is 17.0. The summed E-state index contributed by atoms with van der Waals surface area (Å²) in [5.41, 5.74) is 0. The highest BCUT2D eigenvalue weighted by Crippen LogP contribution is 2.18. The van der Waals surface area contributed by atoms with E-state index in [0.717, 1.165) is 50.1 Å². The molecular weight excluding hydrogens is 228 g/mol. The second kappa shape index (κ2) is 6.90. The van der Waals surface area contributed by atoms with Gasteiger partial charge in [0.25, 0.3) is 0 Å². The third-order valence-electron chi connectivity index (χ3n) is 3.18. The fraction of sp³-hybridized carbons (Fsp3) is 0.786. The van der Waals surface area contributed by atoms with E-state index in [0.29, 0.717) is 5.92 Å². The summed E-state index contributed by atoms with van der Waals surface area (Å²) in [6.07, 6.45) is 7.49. The molecule has 0 amide bonds. The lowest BCUT2D eigenvalue weighted by Crippen LogP contribution is -2.17. The molecular formula is C14H24N2O2. The van der Waals surface area contributed by atoms with E-state index in [2.05, 4.69) is 17.2 Å². The Hall–Kier alpha value is -0.870. The molecule has 4 heteroatoms. The van der Waals surface area contributed by atoms with Gasteiger partial charge in [0.2, 0.25) is 0 Å². The van der Waals surface area contributed by atoms with Crippen LogP contribution in [0.3, 0.4) is 0 Å². The smallest absolute Gasteiger partial charge is 0.194 e. The van der Waals surface area contributed by atoms with E-state index in [1.807, 2.05) is 6.20 Å². The number of rotatable bonds is 9. The summed E-state index contributed by atoms with van der Waals surface area (Å²) in [7, 11) is 1.73. The minimum absolute atomic E-state index is 0.479. The van der Waals surface area contributed by atoms with Crippen LogP contribution in [0.25, 0.3) is 0 Å². The van der Waals surface area contributed by atoms with Crippen LogP contribution in [0.1, 0.15) is 37.8 Å². The monoisotopic (exact) mass is 252 g/mol. The van der Waals surface area contributed by atoms with Crippen molar-refractivity contribution in [3.8, 4) is 0 Å². The molecule has 0 aromatic carbocycles. The van der Waals surface area contributed by atoms with Gasteiger partial charge in [-0.1, -0.05) is 6.92 Å². The summed E-state index contributed by atoms with van der Waals surface area (Å²) in [6.45, 7) is 4.00. The fourth-order valence-corrected chi connectivity index (χ4v) is 2.08. The van der Waals surface area contributed by atoms with Gasteiger partial charge >= 0.3 is 0 Å². The highest BCUT2D eigenvalue weighted by atomic mass is 16.5. The zero-order valence-electron chi connectivity index (χ0n) is 11.4. The quantitative estimate of drug-likeness (QED) is 0.684. The van der Waals surface area contributed by atoms with E-state index in [4.69, 9.17) is 9.15 Å². The molecule has 2 rings (SSSR count). The number of aryl methyl sites for hydroxylation is 1. The number of oxazole rings is 1. The highest BCUT2D eigenvalue weighted by Gasteiger charge is 2.19. The predicted molar refractivity (Wildman–Crippen MR) is 70.6 cm³/mol. The number of hydrogen-bond acceptors (Lipinski definition) is 4. The zero-order chi connectivity index (χ0) is 12.8. The Bertz CT molecular complexity index is 347. The molecule has 1 fully saturated rings. The van der Waals surface area contributed by atoms with Crippen LogP contribution >= 0.6 is 0 Å². The molecule has 1 aliphatic rings. The van der Waals surface area contributed by atoms with Gasteiger partial charge in [-0.15, -0.1) is 0 Å². The summed E-state index contributed by atoms with van der Waals surface area (Å²) in [5, 5.41) is 3.50. The summed E-state index contributed by atoms with van der Waals surface area (Å²) < 4.78 is 10.8. The van der Waals surface area contributed by atoms with Crippen molar-refractivity contribution in [3.05, 3.63) is 17.8 Å². The van der Waals surface area contributed by atoms with Crippen LogP contribution in [0, 0.1) is 5.92 Å². The van der Waals surface area contributed by atoms with E-state index in [-0.39, 0.29) is 0 Å². The van der Waals surface area contributed by atoms with Gasteiger partial charge in [-0.25, -0.2) is 4.98 Å². The molecule has 1 heterocycles. The predicted octanol–water partition coefficient (Wildman–Crippen LogP) is 2.18. The number of nitrogens with one attached hydrogen (secondary N) is 1. The molecule has 102 valence electrons. The molecule has 1 aliphatic carbocycles. The SMILES string of the molecule is COCC(C)Cc1cnc(CCCNC2CC2)o1. The van der Waals surface area contributed by atoms with Crippen LogP contribution in [-0.4, -0.2) is 31.3 Å². The van der Waals surface area contributed by atoms with Crippen LogP contribution < -0.4 is 5.32 Å². The second-order valence-corrected chi connectivity index (χ2v) is 5.32. The van der Waals surface area contributed by atoms with Crippen LogP contribution in [-0.2, 0) is 17.6 Å². The molecule has 1 aromatic heterocycles. The maximum Gasteiger partial charge on any atom is 0.194 e. The van der Waals surface area contributed by atoms with Gasteiger partial charge in [-0.2, -0.15) is 0 Å². The Labute approximate surface area is 109 Å². The second-order valence-electron chi connectivity index (χ2n) is 5.32. The average molecular weight is 252 g/mol. The molecule has 1 atom stereocenters. The van der Waals surface area contributed by atoms with Gasteiger partial charge in [0, 0.05) is 32.6 Å². The van der Waals surface area contributed by atoms with Gasteiger partial charge < -0.3 is 14.5 Å². The minimum Gasteiger partial charge on any atom is -0.446 e. The third kappa shape index (κ3) is 4.78. The summed E-state index contributed by atoms with van der Waals surface area (Å²) in [4.78, 5) is 4.33. The van der Waals surface area contributed by atoms with Crippen molar-refractivity contribution < 1.29 is 9.15 Å². The van der Waals surface area contributed by atoms with Crippen LogP contribution in [0.5, 0.6) is 0 Å². The summed E-state index contributed by atoms with van der Waals surface area (Å²) >= 11 is 0. The topological polar surface area (TPSA) is 47.3 Å². The van der Waals surface area contributed by atoms with Crippen molar-refractivity contribution in [3.63, 3.8) is 0 Å². The van der Waals surface area contributed by atoms with E-state index >= 15 is 0 Å². The standard InChI is InChI=1S/C14H24N2O2/c1-11(10-17-2)8-13-9-16-14(18-13)4-3-7-15-12-5-6-12/h9,11-12,15H,3-8,10H2,1-2H3. The molecule has 1 N–H and O–H groups in total. The molecule has 0 saturated heterocycles. The Balaban J connectivity index is 1.64. The first kappa shape index (κ1) is 13.6. The van der Waals surface area contributed by atoms with E-state index < -0.39 is 0 Å². The molecule has 1 saturated carbocycles. The van der Waals surface area contributed by atoms with Crippen molar-refractivity contribution >= 4 is 0 Å². The summed E-state index contributed by atoms with van der Waals surface area (Å²) in [6, 6.07) is 0.792. The maximum absolute atomic E-state index is 5.73. The highest BCUT2D eigenvalue weighted by molar-refractivity contribution is 4.95. The van der Waals surface area contributed by atoms with Gasteiger partial charge in [-0.3, -0.25) is 0 Å². The largest absolute Gasteiger partial charge is 0.446 e. The molecule has 1 unspecified atom stereocenters. The van der Waals surface area contributed by atoms with Crippen molar-refractivity contribution in [2.24, 2.45) is 5.92 Å².